The van der Waals surface area contributed by atoms with Gasteiger partial charge >= 0.3 is 6.18 Å². The van der Waals surface area contributed by atoms with Crippen LogP contribution in [0, 0.1) is 5.41 Å². The lowest BCUT2D eigenvalue weighted by atomic mass is 9.78. The summed E-state index contributed by atoms with van der Waals surface area (Å²) in [5.74, 6) is -0.217. The predicted molar refractivity (Wildman–Crippen MR) is 109 cm³/mol. The maximum absolute atomic E-state index is 12.8. The molecule has 1 aromatic heterocycles. The Morgan fingerprint density at radius 1 is 1.10 bits per heavy atom. The van der Waals surface area contributed by atoms with E-state index < -0.39 is 11.7 Å². The number of aromatic nitrogens is 1. The van der Waals surface area contributed by atoms with Crippen molar-refractivity contribution in [3.8, 4) is 0 Å². The molecule has 2 aromatic rings. The van der Waals surface area contributed by atoms with Crippen LogP contribution in [0.3, 0.4) is 0 Å². The first-order chi connectivity index (χ1) is 14.8. The molecule has 166 valence electrons. The Bertz CT molecular complexity index is 879. The van der Waals surface area contributed by atoms with E-state index in [0.717, 1.165) is 50.2 Å². The highest BCUT2D eigenvalue weighted by atomic mass is 19.4. The van der Waals surface area contributed by atoms with E-state index in [-0.39, 0.29) is 11.3 Å². The molecular formula is C23H26F3N3O2. The summed E-state index contributed by atoms with van der Waals surface area (Å²) in [5, 5.41) is 0. The van der Waals surface area contributed by atoms with Crippen molar-refractivity contribution in [2.75, 3.05) is 39.4 Å². The van der Waals surface area contributed by atoms with Crippen LogP contribution >= 0.6 is 0 Å². The molecule has 5 nitrogen and oxygen atoms in total. The van der Waals surface area contributed by atoms with Crippen LogP contribution in [0.15, 0.2) is 48.8 Å². The summed E-state index contributed by atoms with van der Waals surface area (Å²) in [6.45, 7) is 5.05. The summed E-state index contributed by atoms with van der Waals surface area (Å²) >= 11 is 0. The van der Waals surface area contributed by atoms with E-state index in [1.165, 1.54) is 12.1 Å². The third-order valence-electron chi connectivity index (χ3n) is 6.22. The molecule has 2 saturated heterocycles. The fourth-order valence-corrected chi connectivity index (χ4v) is 4.44. The highest BCUT2D eigenvalue weighted by molar-refractivity contribution is 5.94. The quantitative estimate of drug-likeness (QED) is 0.738. The molecular weight excluding hydrogens is 407 g/mol. The first-order valence-electron chi connectivity index (χ1n) is 10.5. The molecule has 1 spiro atoms. The van der Waals surface area contributed by atoms with E-state index in [1.807, 2.05) is 12.3 Å². The molecule has 0 unspecified atom stereocenters. The largest absolute Gasteiger partial charge is 0.416 e. The van der Waals surface area contributed by atoms with Crippen LogP contribution in [-0.2, 0) is 17.5 Å². The minimum absolute atomic E-state index is 0.0182. The van der Waals surface area contributed by atoms with E-state index in [9.17, 15) is 18.0 Å². The third kappa shape index (κ3) is 5.25. The topological polar surface area (TPSA) is 45.7 Å². The molecule has 8 heteroatoms. The van der Waals surface area contributed by atoms with Gasteiger partial charge in [-0.15, -0.1) is 0 Å². The van der Waals surface area contributed by atoms with Crippen LogP contribution in [-0.4, -0.2) is 60.1 Å². The van der Waals surface area contributed by atoms with Crippen molar-refractivity contribution in [2.45, 2.75) is 25.6 Å². The molecule has 2 aliphatic rings. The van der Waals surface area contributed by atoms with Crippen LogP contribution < -0.4 is 0 Å². The molecule has 0 atom stereocenters. The van der Waals surface area contributed by atoms with Gasteiger partial charge in [0.25, 0.3) is 5.91 Å². The Balaban J connectivity index is 1.38. The van der Waals surface area contributed by atoms with Crippen molar-refractivity contribution in [1.29, 1.82) is 0 Å². The second-order valence-corrected chi connectivity index (χ2v) is 8.49. The molecule has 2 aliphatic heterocycles. The molecule has 31 heavy (non-hydrogen) atoms. The smallest absolute Gasteiger partial charge is 0.379 e. The zero-order valence-corrected chi connectivity index (χ0v) is 17.3. The van der Waals surface area contributed by atoms with Gasteiger partial charge in [0.1, 0.15) is 0 Å². The van der Waals surface area contributed by atoms with Crippen LogP contribution in [0.4, 0.5) is 13.2 Å². The zero-order chi connectivity index (χ0) is 21.9. The number of benzene rings is 1. The van der Waals surface area contributed by atoms with Gasteiger partial charge in [0.05, 0.1) is 18.8 Å². The number of nitrogens with zero attached hydrogens (tertiary/aromatic N) is 3. The Labute approximate surface area is 179 Å². The standard InChI is InChI=1S/C23H26F3N3O2/c24-23(25,26)20-5-3-19(4-6-20)21(30)29-10-7-22(8-11-29)16-28(12-13-31-17-22)15-18-2-1-9-27-14-18/h1-6,9,14H,7-8,10-13,15-17H2. The summed E-state index contributed by atoms with van der Waals surface area (Å²) in [5.41, 5.74) is 0.690. The molecule has 0 radical (unpaired) electrons. The summed E-state index contributed by atoms with van der Waals surface area (Å²) < 4.78 is 44.2. The van der Waals surface area contributed by atoms with Crippen LogP contribution in [0.2, 0.25) is 0 Å². The third-order valence-corrected chi connectivity index (χ3v) is 6.22. The number of ether oxygens (including phenoxy) is 1. The SMILES string of the molecule is O=C(c1ccc(C(F)(F)F)cc1)N1CCC2(CC1)COCCN(Cc1cccnc1)C2. The molecule has 0 N–H and O–H groups in total. The fourth-order valence-electron chi connectivity index (χ4n) is 4.44. The highest BCUT2D eigenvalue weighted by Gasteiger charge is 2.39. The van der Waals surface area contributed by atoms with Crippen molar-refractivity contribution < 1.29 is 22.7 Å². The first-order valence-corrected chi connectivity index (χ1v) is 10.5. The first kappa shape index (κ1) is 21.8. The highest BCUT2D eigenvalue weighted by Crippen LogP contribution is 2.35. The molecule has 0 saturated carbocycles. The van der Waals surface area contributed by atoms with E-state index >= 15 is 0 Å². The lowest BCUT2D eigenvalue weighted by molar-refractivity contribution is -0.137. The van der Waals surface area contributed by atoms with E-state index in [0.29, 0.717) is 31.9 Å². The molecule has 0 bridgehead atoms. The Kier molecular flexibility index (Phi) is 6.29. The lowest BCUT2D eigenvalue weighted by Crippen LogP contribution is -2.48. The number of carbonyl (C=O) groups excluding carboxylic acids is 1. The number of hydrogen-bond acceptors (Lipinski definition) is 4. The lowest BCUT2D eigenvalue weighted by Gasteiger charge is -2.42. The normalized spacial score (nSPS) is 19.9. The second-order valence-electron chi connectivity index (χ2n) is 8.49. The van der Waals surface area contributed by atoms with Crippen LogP contribution in [0.25, 0.3) is 0 Å². The van der Waals surface area contributed by atoms with Crippen molar-refractivity contribution in [3.63, 3.8) is 0 Å². The molecule has 2 fully saturated rings. The van der Waals surface area contributed by atoms with Gasteiger partial charge in [0, 0.05) is 56.1 Å². The number of pyridine rings is 1. The van der Waals surface area contributed by atoms with Crippen LogP contribution in [0.5, 0.6) is 0 Å². The minimum Gasteiger partial charge on any atom is -0.379 e. The van der Waals surface area contributed by atoms with Gasteiger partial charge in [-0.05, 0) is 48.7 Å². The number of likely N-dealkylation sites (tertiary alicyclic amines) is 1. The maximum Gasteiger partial charge on any atom is 0.416 e. The summed E-state index contributed by atoms with van der Waals surface area (Å²) in [6.07, 6.45) is 0.857. The van der Waals surface area contributed by atoms with Gasteiger partial charge in [-0.1, -0.05) is 6.07 Å². The monoisotopic (exact) mass is 433 g/mol. The van der Waals surface area contributed by atoms with Crippen molar-refractivity contribution in [2.24, 2.45) is 5.41 Å². The number of hydrogen-bond donors (Lipinski definition) is 0. The van der Waals surface area contributed by atoms with Crippen molar-refractivity contribution in [3.05, 3.63) is 65.5 Å². The minimum atomic E-state index is -4.40. The van der Waals surface area contributed by atoms with Gasteiger partial charge in [0.15, 0.2) is 0 Å². The molecule has 3 heterocycles. The van der Waals surface area contributed by atoms with E-state index in [4.69, 9.17) is 4.74 Å². The van der Waals surface area contributed by atoms with Crippen molar-refractivity contribution >= 4 is 5.91 Å². The maximum atomic E-state index is 12.8. The van der Waals surface area contributed by atoms with Gasteiger partial charge in [-0.25, -0.2) is 0 Å². The molecule has 1 aromatic carbocycles. The fraction of sp³-hybridized carbons (Fsp3) is 0.478. The zero-order valence-electron chi connectivity index (χ0n) is 17.3. The average molecular weight is 433 g/mol. The summed E-state index contributed by atoms with van der Waals surface area (Å²) in [6, 6.07) is 8.46. The molecule has 1 amide bonds. The molecule has 0 aliphatic carbocycles. The van der Waals surface area contributed by atoms with Crippen molar-refractivity contribution in [1.82, 2.24) is 14.8 Å². The van der Waals surface area contributed by atoms with Gasteiger partial charge < -0.3 is 9.64 Å². The number of alkyl halides is 3. The van der Waals surface area contributed by atoms with Gasteiger partial charge in [-0.3, -0.25) is 14.7 Å². The number of rotatable bonds is 3. The predicted octanol–water partition coefficient (Wildman–Crippen LogP) is 3.86. The number of halogens is 3. The number of piperidine rings is 1. The average Bonchev–Trinajstić information content (AvgIpc) is 2.96. The number of carbonyl (C=O) groups is 1. The Hall–Kier alpha value is -2.45. The Morgan fingerprint density at radius 2 is 1.84 bits per heavy atom. The second kappa shape index (κ2) is 8.96. The van der Waals surface area contributed by atoms with Gasteiger partial charge in [0.2, 0.25) is 0 Å². The summed E-state index contributed by atoms with van der Waals surface area (Å²) in [4.78, 5) is 21.1. The summed E-state index contributed by atoms with van der Waals surface area (Å²) in [7, 11) is 0. The number of amides is 1. The van der Waals surface area contributed by atoms with E-state index in [2.05, 4.69) is 16.0 Å². The van der Waals surface area contributed by atoms with Gasteiger partial charge in [-0.2, -0.15) is 13.2 Å². The van der Waals surface area contributed by atoms with E-state index in [1.54, 1.807) is 11.1 Å². The molecule has 4 rings (SSSR count). The van der Waals surface area contributed by atoms with Crippen LogP contribution in [0.1, 0.15) is 34.3 Å². The Morgan fingerprint density at radius 3 is 2.48 bits per heavy atom.